The molecule has 0 aromatic heterocycles. The molecule has 0 unspecified atom stereocenters. The topological polar surface area (TPSA) is 44.5 Å². The van der Waals surface area contributed by atoms with E-state index in [9.17, 15) is 0 Å². The van der Waals surface area contributed by atoms with Gasteiger partial charge in [-0.2, -0.15) is 0 Å². The monoisotopic (exact) mass is 427 g/mol. The van der Waals surface area contributed by atoms with E-state index in [0.717, 1.165) is 43.4 Å². The number of para-hydroxylation sites is 1. The van der Waals surface area contributed by atoms with Crippen molar-refractivity contribution < 1.29 is 9.47 Å². The Morgan fingerprint density at radius 1 is 1.27 bits per heavy atom. The summed E-state index contributed by atoms with van der Waals surface area (Å²) in [5.74, 6) is 1.71. The fourth-order valence-electron chi connectivity index (χ4n) is 4.32. The van der Waals surface area contributed by atoms with Crippen molar-refractivity contribution >= 4 is 17.2 Å². The number of allylic oxidation sites excluding steroid dienone is 2. The number of unbranched alkanes of at least 4 members (excludes halogenated alkanes) is 1. The van der Waals surface area contributed by atoms with Gasteiger partial charge in [-0.25, -0.2) is 0 Å². The molecule has 0 bridgehead atoms. The van der Waals surface area contributed by atoms with Crippen molar-refractivity contribution in [1.82, 2.24) is 0 Å². The summed E-state index contributed by atoms with van der Waals surface area (Å²) in [6.45, 7) is 19.0. The third-order valence-electron chi connectivity index (χ3n) is 6.37. The average Bonchev–Trinajstić information content (AvgIpc) is 2.73. The maximum Gasteiger partial charge on any atom is 0.129 e. The second-order valence-corrected chi connectivity index (χ2v) is 9.15. The van der Waals surface area contributed by atoms with Gasteiger partial charge in [0.05, 0.1) is 18.8 Å². The molecule has 0 radical (unpaired) electrons. The lowest BCUT2D eigenvalue weighted by molar-refractivity contribution is 0.122. The number of hydrogen-bond acceptors (Lipinski definition) is 3. The molecule has 3 atom stereocenters. The molecule has 0 saturated heterocycles. The van der Waals surface area contributed by atoms with E-state index >= 15 is 0 Å². The molecule has 30 heavy (non-hydrogen) atoms. The molecule has 1 fully saturated rings. The molecule has 0 amide bonds. The number of nitrogens with two attached hydrogens (primary N) is 1. The number of ether oxygens (including phenoxy) is 2. The molecule has 2 rings (SSSR count). The van der Waals surface area contributed by atoms with E-state index in [1.165, 1.54) is 11.1 Å². The van der Waals surface area contributed by atoms with Gasteiger partial charge in [-0.15, -0.1) is 6.58 Å². The zero-order valence-corrected chi connectivity index (χ0v) is 19.4. The smallest absolute Gasteiger partial charge is 0.129 e. The van der Waals surface area contributed by atoms with Crippen molar-refractivity contribution in [2.24, 2.45) is 23.0 Å². The number of thiocarbonyl (C=S) groups is 1. The maximum absolute atomic E-state index is 5.90. The standard InChI is InChI=1S/C26H37NO2S/c1-6-26(5)14-13-21(17-23(26)19(2)3)20(4)18-28-15-9-10-16-29-24-12-8-7-11-22(24)25(27)30/h6-8,11-12,21,23H,1-2,4,9-10,13-18H2,3,5H3,(H2,27,30)/t21-,23+,26-/m1/s1. The van der Waals surface area contributed by atoms with E-state index in [1.54, 1.807) is 0 Å². The van der Waals surface area contributed by atoms with Crippen molar-refractivity contribution in [3.63, 3.8) is 0 Å². The number of benzene rings is 1. The minimum absolute atomic E-state index is 0.149. The van der Waals surface area contributed by atoms with Crippen molar-refractivity contribution in [2.45, 2.75) is 46.0 Å². The normalized spacial score (nSPS) is 23.5. The molecular weight excluding hydrogens is 390 g/mol. The molecule has 3 nitrogen and oxygen atoms in total. The summed E-state index contributed by atoms with van der Waals surface area (Å²) in [6.07, 6.45) is 7.33. The fraction of sp³-hybridized carbons (Fsp3) is 0.500. The third kappa shape index (κ3) is 6.55. The molecule has 4 heteroatoms. The quantitative estimate of drug-likeness (QED) is 0.244. The summed E-state index contributed by atoms with van der Waals surface area (Å²) < 4.78 is 11.7. The lowest BCUT2D eigenvalue weighted by Crippen LogP contribution is -2.34. The highest BCUT2D eigenvalue weighted by atomic mass is 32.1. The van der Waals surface area contributed by atoms with Crippen LogP contribution in [0, 0.1) is 17.3 Å². The molecule has 1 aromatic carbocycles. The van der Waals surface area contributed by atoms with Crippen LogP contribution in [0.4, 0.5) is 0 Å². The van der Waals surface area contributed by atoms with Crippen LogP contribution in [-0.2, 0) is 4.74 Å². The lowest BCUT2D eigenvalue weighted by Gasteiger charge is -2.43. The van der Waals surface area contributed by atoms with Gasteiger partial charge in [0.25, 0.3) is 0 Å². The molecule has 164 valence electrons. The Balaban J connectivity index is 1.66. The Kier molecular flexibility index (Phi) is 9.32. The van der Waals surface area contributed by atoms with Crippen LogP contribution in [0.5, 0.6) is 5.75 Å². The molecule has 1 saturated carbocycles. The third-order valence-corrected chi connectivity index (χ3v) is 6.59. The lowest BCUT2D eigenvalue weighted by atomic mass is 9.61. The Hall–Kier alpha value is -1.91. The first-order valence-corrected chi connectivity index (χ1v) is 11.3. The van der Waals surface area contributed by atoms with Crippen molar-refractivity contribution in [1.29, 1.82) is 0 Å². The summed E-state index contributed by atoms with van der Waals surface area (Å²) in [6, 6.07) is 7.61. The zero-order valence-electron chi connectivity index (χ0n) is 18.6. The molecule has 2 N–H and O–H groups in total. The fourth-order valence-corrected chi connectivity index (χ4v) is 4.48. The Morgan fingerprint density at radius 3 is 2.63 bits per heavy atom. The van der Waals surface area contributed by atoms with Gasteiger partial charge in [-0.1, -0.05) is 56.1 Å². The minimum atomic E-state index is 0.149. The first-order chi connectivity index (χ1) is 14.3. The predicted molar refractivity (Wildman–Crippen MR) is 131 cm³/mol. The van der Waals surface area contributed by atoms with Crippen LogP contribution >= 0.6 is 12.2 Å². The summed E-state index contributed by atoms with van der Waals surface area (Å²) in [4.78, 5) is 0.359. The molecule has 1 aliphatic rings. The minimum Gasteiger partial charge on any atom is -0.493 e. The van der Waals surface area contributed by atoms with Gasteiger partial charge < -0.3 is 15.2 Å². The second kappa shape index (κ2) is 11.5. The van der Waals surface area contributed by atoms with Gasteiger partial charge >= 0.3 is 0 Å². The largest absolute Gasteiger partial charge is 0.493 e. The van der Waals surface area contributed by atoms with E-state index in [1.807, 2.05) is 24.3 Å². The Bertz CT molecular complexity index is 772. The molecular formula is C26H37NO2S. The number of hydrogen-bond donors (Lipinski definition) is 1. The molecule has 1 aliphatic carbocycles. The SMILES string of the molecule is C=C[C@]1(C)CC[C@@H](C(=C)COCCCCOc2ccccc2C(N)=S)C[C@H]1C(=C)C. The predicted octanol–water partition coefficient (Wildman–Crippen LogP) is 6.24. The summed E-state index contributed by atoms with van der Waals surface area (Å²) in [5, 5.41) is 0. The van der Waals surface area contributed by atoms with Crippen LogP contribution in [-0.4, -0.2) is 24.8 Å². The van der Waals surface area contributed by atoms with Crippen molar-refractivity contribution in [2.75, 3.05) is 19.8 Å². The van der Waals surface area contributed by atoms with Gasteiger partial charge in [-0.3, -0.25) is 0 Å². The van der Waals surface area contributed by atoms with Crippen LogP contribution in [0.25, 0.3) is 0 Å². The first-order valence-electron chi connectivity index (χ1n) is 10.8. The zero-order chi connectivity index (χ0) is 22.1. The highest BCUT2D eigenvalue weighted by Crippen LogP contribution is 2.48. The van der Waals surface area contributed by atoms with Crippen LogP contribution in [0.1, 0.15) is 51.5 Å². The molecule has 1 aromatic rings. The van der Waals surface area contributed by atoms with Gasteiger partial charge in [0.2, 0.25) is 0 Å². The van der Waals surface area contributed by atoms with Crippen LogP contribution in [0.15, 0.2) is 61.2 Å². The van der Waals surface area contributed by atoms with Gasteiger partial charge in [0.1, 0.15) is 10.7 Å². The van der Waals surface area contributed by atoms with E-state index in [-0.39, 0.29) is 5.41 Å². The highest BCUT2D eigenvalue weighted by molar-refractivity contribution is 7.80. The summed E-state index contributed by atoms with van der Waals surface area (Å²) in [7, 11) is 0. The Morgan fingerprint density at radius 2 is 1.97 bits per heavy atom. The number of rotatable bonds is 12. The van der Waals surface area contributed by atoms with Gasteiger partial charge in [-0.05, 0) is 74.0 Å². The maximum atomic E-state index is 5.90. The molecule has 0 heterocycles. The first kappa shape index (κ1) is 24.4. The highest BCUT2D eigenvalue weighted by Gasteiger charge is 2.38. The van der Waals surface area contributed by atoms with Crippen LogP contribution in [0.3, 0.4) is 0 Å². The van der Waals surface area contributed by atoms with Crippen molar-refractivity contribution in [3.05, 3.63) is 66.8 Å². The van der Waals surface area contributed by atoms with Gasteiger partial charge in [0.15, 0.2) is 0 Å². The van der Waals surface area contributed by atoms with E-state index in [4.69, 9.17) is 27.4 Å². The average molecular weight is 428 g/mol. The van der Waals surface area contributed by atoms with Crippen LogP contribution < -0.4 is 10.5 Å². The van der Waals surface area contributed by atoms with E-state index < -0.39 is 0 Å². The van der Waals surface area contributed by atoms with E-state index in [2.05, 4.69) is 39.7 Å². The second-order valence-electron chi connectivity index (χ2n) is 8.71. The summed E-state index contributed by atoms with van der Waals surface area (Å²) >= 11 is 5.06. The molecule has 0 aliphatic heterocycles. The van der Waals surface area contributed by atoms with Crippen molar-refractivity contribution in [3.8, 4) is 5.75 Å². The van der Waals surface area contributed by atoms with Crippen LogP contribution in [0.2, 0.25) is 0 Å². The van der Waals surface area contributed by atoms with E-state index in [0.29, 0.717) is 36.6 Å². The van der Waals surface area contributed by atoms with Gasteiger partial charge in [0, 0.05) is 6.61 Å². The Labute approximate surface area is 188 Å². The molecule has 0 spiro atoms. The summed E-state index contributed by atoms with van der Waals surface area (Å²) in [5.41, 5.74) is 9.12.